The van der Waals surface area contributed by atoms with Crippen LogP contribution in [-0.4, -0.2) is 25.3 Å². The Labute approximate surface area is 192 Å². The minimum Gasteiger partial charge on any atom is -0.493 e. The van der Waals surface area contributed by atoms with E-state index in [2.05, 4.69) is 5.16 Å². The van der Waals surface area contributed by atoms with Crippen LogP contribution in [0.5, 0.6) is 11.5 Å². The number of hydrogen-bond acceptors (Lipinski definition) is 6. The van der Waals surface area contributed by atoms with Gasteiger partial charge in [-0.25, -0.2) is 0 Å². The topological polar surface area (TPSA) is 70.8 Å². The van der Waals surface area contributed by atoms with E-state index in [4.69, 9.17) is 18.7 Å². The van der Waals surface area contributed by atoms with Gasteiger partial charge in [-0.2, -0.15) is 0 Å². The minimum atomic E-state index is -0.302. The smallest absolute Gasteiger partial charge is 0.307 e. The Hall–Kier alpha value is -4.06. The van der Waals surface area contributed by atoms with Crippen molar-refractivity contribution in [1.29, 1.82) is 0 Å². The van der Waals surface area contributed by atoms with Crippen LogP contribution in [0, 0.1) is 0 Å². The third-order valence-electron chi connectivity index (χ3n) is 5.38. The van der Waals surface area contributed by atoms with Gasteiger partial charge in [0.15, 0.2) is 17.3 Å². The standard InChI is InChI=1S/C27H25NO5/c1-30-24-14-13-21(15-26(24)31-2)25-16-22(28-33-25)18-32-27(29)17-23(19-9-5-3-6-10-19)20-11-7-4-8-12-20/h3-16,23H,17-18H2,1-2H3. The molecule has 0 aliphatic heterocycles. The molecule has 0 radical (unpaired) electrons. The second-order valence-corrected chi connectivity index (χ2v) is 7.49. The number of nitrogens with zero attached hydrogens (tertiary/aromatic N) is 1. The van der Waals surface area contributed by atoms with E-state index >= 15 is 0 Å². The number of aromatic nitrogens is 1. The van der Waals surface area contributed by atoms with Gasteiger partial charge in [-0.05, 0) is 29.3 Å². The van der Waals surface area contributed by atoms with Crippen LogP contribution in [0.1, 0.15) is 29.2 Å². The summed E-state index contributed by atoms with van der Waals surface area (Å²) in [6, 6.07) is 27.1. The van der Waals surface area contributed by atoms with Crippen LogP contribution < -0.4 is 9.47 Å². The molecule has 33 heavy (non-hydrogen) atoms. The van der Waals surface area contributed by atoms with Crippen molar-refractivity contribution in [2.45, 2.75) is 18.9 Å². The zero-order valence-corrected chi connectivity index (χ0v) is 18.6. The van der Waals surface area contributed by atoms with Gasteiger partial charge in [0.1, 0.15) is 12.3 Å². The summed E-state index contributed by atoms with van der Waals surface area (Å²) in [4.78, 5) is 12.7. The lowest BCUT2D eigenvalue weighted by Gasteiger charge is -2.17. The van der Waals surface area contributed by atoms with E-state index in [1.54, 1.807) is 32.4 Å². The molecule has 0 aliphatic carbocycles. The SMILES string of the molecule is COc1ccc(-c2cc(COC(=O)CC(c3ccccc3)c3ccccc3)no2)cc1OC. The largest absolute Gasteiger partial charge is 0.493 e. The molecule has 4 rings (SSSR count). The number of esters is 1. The highest BCUT2D eigenvalue weighted by Crippen LogP contribution is 2.33. The average molecular weight is 443 g/mol. The summed E-state index contributed by atoms with van der Waals surface area (Å²) in [7, 11) is 3.16. The van der Waals surface area contributed by atoms with E-state index in [0.29, 0.717) is 23.0 Å². The maximum absolute atomic E-state index is 12.7. The number of carbonyl (C=O) groups excluding carboxylic acids is 1. The summed E-state index contributed by atoms with van der Waals surface area (Å²) in [5.74, 6) is 1.38. The highest BCUT2D eigenvalue weighted by atomic mass is 16.5. The van der Waals surface area contributed by atoms with Crippen molar-refractivity contribution in [2.24, 2.45) is 0 Å². The average Bonchev–Trinajstić information content (AvgIpc) is 3.36. The van der Waals surface area contributed by atoms with Crippen molar-refractivity contribution >= 4 is 5.97 Å². The van der Waals surface area contributed by atoms with Crippen molar-refractivity contribution in [3.8, 4) is 22.8 Å². The summed E-state index contributed by atoms with van der Waals surface area (Å²) in [6.45, 7) is 0.0337. The molecule has 0 saturated heterocycles. The predicted octanol–water partition coefficient (Wildman–Crippen LogP) is 5.62. The number of carbonyl (C=O) groups is 1. The molecule has 0 amide bonds. The van der Waals surface area contributed by atoms with Crippen LogP contribution in [0.15, 0.2) is 89.5 Å². The quantitative estimate of drug-likeness (QED) is 0.313. The first-order chi connectivity index (χ1) is 16.2. The second-order valence-electron chi connectivity index (χ2n) is 7.49. The van der Waals surface area contributed by atoms with Gasteiger partial charge in [0.2, 0.25) is 0 Å². The number of hydrogen-bond donors (Lipinski definition) is 0. The third-order valence-corrected chi connectivity index (χ3v) is 5.38. The second kappa shape index (κ2) is 10.5. The molecular formula is C27H25NO5. The van der Waals surface area contributed by atoms with E-state index in [9.17, 15) is 4.79 Å². The Balaban J connectivity index is 1.42. The van der Waals surface area contributed by atoms with Gasteiger partial charge in [0, 0.05) is 17.5 Å². The molecule has 1 aromatic heterocycles. The summed E-state index contributed by atoms with van der Waals surface area (Å²) >= 11 is 0. The highest BCUT2D eigenvalue weighted by Gasteiger charge is 2.20. The van der Waals surface area contributed by atoms with Gasteiger partial charge >= 0.3 is 5.97 Å². The van der Waals surface area contributed by atoms with Gasteiger partial charge in [-0.3, -0.25) is 4.79 Å². The van der Waals surface area contributed by atoms with Crippen molar-refractivity contribution in [3.63, 3.8) is 0 Å². The van der Waals surface area contributed by atoms with Crippen LogP contribution in [0.3, 0.4) is 0 Å². The van der Waals surface area contributed by atoms with Crippen LogP contribution in [0.25, 0.3) is 11.3 Å². The van der Waals surface area contributed by atoms with E-state index in [1.807, 2.05) is 66.7 Å². The molecule has 0 bridgehead atoms. The minimum absolute atomic E-state index is 0.0337. The molecular weight excluding hydrogens is 418 g/mol. The van der Waals surface area contributed by atoms with Crippen LogP contribution >= 0.6 is 0 Å². The Morgan fingerprint density at radius 2 is 1.48 bits per heavy atom. The van der Waals surface area contributed by atoms with E-state index < -0.39 is 0 Å². The van der Waals surface area contributed by atoms with Crippen molar-refractivity contribution in [1.82, 2.24) is 5.16 Å². The monoisotopic (exact) mass is 443 g/mol. The molecule has 1 heterocycles. The molecule has 0 spiro atoms. The molecule has 0 unspecified atom stereocenters. The van der Waals surface area contributed by atoms with Gasteiger partial charge in [0.05, 0.1) is 20.6 Å². The maximum Gasteiger partial charge on any atom is 0.307 e. The van der Waals surface area contributed by atoms with Gasteiger partial charge in [-0.15, -0.1) is 0 Å². The lowest BCUT2D eigenvalue weighted by atomic mass is 9.89. The van der Waals surface area contributed by atoms with Crippen LogP contribution in [0.2, 0.25) is 0 Å². The molecule has 0 N–H and O–H groups in total. The molecule has 0 atom stereocenters. The van der Waals surface area contributed by atoms with E-state index in [1.165, 1.54) is 0 Å². The first-order valence-corrected chi connectivity index (χ1v) is 10.6. The predicted molar refractivity (Wildman–Crippen MR) is 124 cm³/mol. The van der Waals surface area contributed by atoms with E-state index in [-0.39, 0.29) is 24.9 Å². The molecule has 6 heteroatoms. The Morgan fingerprint density at radius 1 is 0.848 bits per heavy atom. The third kappa shape index (κ3) is 5.41. The fourth-order valence-electron chi connectivity index (χ4n) is 3.68. The molecule has 6 nitrogen and oxygen atoms in total. The van der Waals surface area contributed by atoms with Crippen molar-refractivity contribution < 1.29 is 23.5 Å². The Morgan fingerprint density at radius 3 is 2.09 bits per heavy atom. The Bertz CT molecular complexity index is 1150. The summed E-state index contributed by atoms with van der Waals surface area (Å²) in [6.07, 6.45) is 0.231. The number of methoxy groups -OCH3 is 2. The summed E-state index contributed by atoms with van der Waals surface area (Å²) in [5, 5.41) is 4.03. The highest BCUT2D eigenvalue weighted by molar-refractivity contribution is 5.71. The van der Waals surface area contributed by atoms with Crippen molar-refractivity contribution in [2.75, 3.05) is 14.2 Å². The molecule has 3 aromatic carbocycles. The summed E-state index contributed by atoms with van der Waals surface area (Å²) < 4.78 is 21.6. The Kier molecular flexibility index (Phi) is 7.05. The fourth-order valence-corrected chi connectivity index (χ4v) is 3.68. The van der Waals surface area contributed by atoms with Crippen LogP contribution in [-0.2, 0) is 16.1 Å². The van der Waals surface area contributed by atoms with Gasteiger partial charge in [0.25, 0.3) is 0 Å². The van der Waals surface area contributed by atoms with Gasteiger partial charge in [-0.1, -0.05) is 65.8 Å². The summed E-state index contributed by atoms with van der Waals surface area (Å²) in [5.41, 5.74) is 3.45. The first-order valence-electron chi connectivity index (χ1n) is 10.6. The van der Waals surface area contributed by atoms with Crippen LogP contribution in [0.4, 0.5) is 0 Å². The van der Waals surface area contributed by atoms with Crippen molar-refractivity contribution in [3.05, 3.63) is 102 Å². The molecule has 0 saturated carbocycles. The number of benzene rings is 3. The lowest BCUT2D eigenvalue weighted by Crippen LogP contribution is -2.12. The number of ether oxygens (including phenoxy) is 3. The normalized spacial score (nSPS) is 10.8. The lowest BCUT2D eigenvalue weighted by molar-refractivity contribution is -0.145. The zero-order chi connectivity index (χ0) is 23.0. The molecule has 0 aliphatic rings. The number of rotatable bonds is 9. The molecule has 168 valence electrons. The van der Waals surface area contributed by atoms with E-state index in [0.717, 1.165) is 16.7 Å². The fraction of sp³-hybridized carbons (Fsp3) is 0.185. The maximum atomic E-state index is 12.7. The molecule has 4 aromatic rings. The zero-order valence-electron chi connectivity index (χ0n) is 18.6. The first kappa shape index (κ1) is 22.1. The van der Waals surface area contributed by atoms with Gasteiger partial charge < -0.3 is 18.7 Å². The molecule has 0 fully saturated rings.